The summed E-state index contributed by atoms with van der Waals surface area (Å²) < 4.78 is 43.4. The van der Waals surface area contributed by atoms with Gasteiger partial charge in [0.1, 0.15) is 0 Å². The molecule has 1 aliphatic carbocycles. The molecule has 19 heavy (non-hydrogen) atoms. The first-order chi connectivity index (χ1) is 8.98. The van der Waals surface area contributed by atoms with Gasteiger partial charge in [0.2, 0.25) is 0 Å². The predicted molar refractivity (Wildman–Crippen MR) is 67.1 cm³/mol. The monoisotopic (exact) mass is 280 g/mol. The molecule has 1 heterocycles. The van der Waals surface area contributed by atoms with Crippen molar-refractivity contribution in [1.29, 1.82) is 0 Å². The largest absolute Gasteiger partial charge is 0.401 e. The molecule has 0 aromatic heterocycles. The lowest BCUT2D eigenvalue weighted by molar-refractivity contribution is -0.150. The lowest BCUT2D eigenvalue weighted by atomic mass is 10.2. The zero-order chi connectivity index (χ0) is 13.9. The molecule has 1 aliphatic heterocycles. The molecule has 6 heteroatoms. The fourth-order valence-corrected chi connectivity index (χ4v) is 2.64. The van der Waals surface area contributed by atoms with Crippen molar-refractivity contribution in [3.8, 4) is 0 Å². The molecule has 1 N–H and O–H groups in total. The molecule has 2 unspecified atom stereocenters. The second-order valence-corrected chi connectivity index (χ2v) is 5.54. The van der Waals surface area contributed by atoms with E-state index < -0.39 is 12.7 Å². The molecule has 2 fully saturated rings. The summed E-state index contributed by atoms with van der Waals surface area (Å²) in [4.78, 5) is 1.56. The molecule has 1 saturated heterocycles. The maximum atomic E-state index is 12.5. The number of nitrogens with zero attached hydrogens (tertiary/aromatic N) is 1. The minimum Gasteiger partial charge on any atom is -0.372 e. The van der Waals surface area contributed by atoms with Gasteiger partial charge in [0.05, 0.1) is 18.8 Å². The Morgan fingerprint density at radius 1 is 1.16 bits per heavy atom. The van der Waals surface area contributed by atoms with Crippen molar-refractivity contribution < 1.29 is 17.9 Å². The van der Waals surface area contributed by atoms with Gasteiger partial charge in [-0.25, -0.2) is 0 Å². The highest BCUT2D eigenvalue weighted by Gasteiger charge is 2.40. The van der Waals surface area contributed by atoms with Crippen molar-refractivity contribution >= 4 is 0 Å². The third-order valence-corrected chi connectivity index (χ3v) is 3.70. The minimum absolute atomic E-state index is 0.0355. The van der Waals surface area contributed by atoms with Crippen LogP contribution in [-0.4, -0.2) is 55.5 Å². The maximum absolute atomic E-state index is 12.5. The topological polar surface area (TPSA) is 24.5 Å². The van der Waals surface area contributed by atoms with Crippen molar-refractivity contribution in [2.24, 2.45) is 0 Å². The third-order valence-electron chi connectivity index (χ3n) is 3.70. The predicted octanol–water partition coefficient (Wildman–Crippen LogP) is 2.17. The lowest BCUT2D eigenvalue weighted by Crippen LogP contribution is -2.41. The summed E-state index contributed by atoms with van der Waals surface area (Å²) in [6.07, 6.45) is -0.375. The molecule has 0 amide bonds. The number of hydrogen-bond acceptors (Lipinski definition) is 3. The third kappa shape index (κ3) is 5.28. The Morgan fingerprint density at radius 2 is 1.84 bits per heavy atom. The number of nitrogens with one attached hydrogen (secondary N) is 1. The standard InChI is InChI=1S/C13H23F3N2O/c1-2-17-7-11-5-6-12(19-11)8-18(10-3-4-10)9-13(14,15)16/h10-12,17H,2-9H2,1H3. The summed E-state index contributed by atoms with van der Waals surface area (Å²) in [6.45, 7) is 3.36. The average molecular weight is 280 g/mol. The number of hydrogen-bond donors (Lipinski definition) is 1. The zero-order valence-electron chi connectivity index (χ0n) is 11.4. The Labute approximate surface area is 112 Å². The summed E-state index contributed by atoms with van der Waals surface area (Å²) >= 11 is 0. The number of ether oxygens (including phenoxy) is 1. The molecule has 0 bridgehead atoms. The number of likely N-dealkylation sites (N-methyl/N-ethyl adjacent to an activating group) is 1. The van der Waals surface area contributed by atoms with Crippen LogP contribution in [-0.2, 0) is 4.74 Å². The normalized spacial score (nSPS) is 28.3. The van der Waals surface area contributed by atoms with Crippen molar-refractivity contribution in [3.05, 3.63) is 0 Å². The molecular weight excluding hydrogens is 257 g/mol. The number of alkyl halides is 3. The van der Waals surface area contributed by atoms with Crippen LogP contribution in [0.25, 0.3) is 0 Å². The second-order valence-electron chi connectivity index (χ2n) is 5.54. The van der Waals surface area contributed by atoms with Crippen molar-refractivity contribution in [2.75, 3.05) is 26.2 Å². The smallest absolute Gasteiger partial charge is 0.372 e. The van der Waals surface area contributed by atoms with Crippen LogP contribution >= 0.6 is 0 Å². The van der Waals surface area contributed by atoms with E-state index in [9.17, 15) is 13.2 Å². The van der Waals surface area contributed by atoms with Gasteiger partial charge in [-0.2, -0.15) is 13.2 Å². The van der Waals surface area contributed by atoms with Crippen LogP contribution in [0.1, 0.15) is 32.6 Å². The van der Waals surface area contributed by atoms with Gasteiger partial charge in [-0.05, 0) is 32.2 Å². The Bertz CT molecular complexity index is 282. The van der Waals surface area contributed by atoms with Crippen molar-refractivity contribution in [2.45, 2.75) is 57.0 Å². The second kappa shape index (κ2) is 6.41. The van der Waals surface area contributed by atoms with E-state index >= 15 is 0 Å². The van der Waals surface area contributed by atoms with Crippen LogP contribution in [0, 0.1) is 0 Å². The van der Waals surface area contributed by atoms with Crippen LogP contribution in [0.15, 0.2) is 0 Å². The van der Waals surface area contributed by atoms with Crippen LogP contribution in [0.5, 0.6) is 0 Å². The molecule has 2 rings (SSSR count). The summed E-state index contributed by atoms with van der Waals surface area (Å²) in [7, 11) is 0. The summed E-state index contributed by atoms with van der Waals surface area (Å²) in [5.41, 5.74) is 0. The first-order valence-electron chi connectivity index (χ1n) is 7.15. The van der Waals surface area contributed by atoms with Crippen molar-refractivity contribution in [1.82, 2.24) is 10.2 Å². The van der Waals surface area contributed by atoms with E-state index in [2.05, 4.69) is 5.32 Å². The van der Waals surface area contributed by atoms with Crippen molar-refractivity contribution in [3.63, 3.8) is 0 Å². The Hall–Kier alpha value is -0.330. The zero-order valence-corrected chi connectivity index (χ0v) is 11.4. The molecular formula is C13H23F3N2O. The highest BCUT2D eigenvalue weighted by Crippen LogP contribution is 2.32. The SMILES string of the molecule is CCNCC1CCC(CN(CC(F)(F)F)C2CC2)O1. The fraction of sp³-hybridized carbons (Fsp3) is 1.00. The van der Waals surface area contributed by atoms with Gasteiger partial charge >= 0.3 is 6.18 Å². The van der Waals surface area contributed by atoms with E-state index in [0.29, 0.717) is 6.54 Å². The molecule has 0 aromatic rings. The van der Waals surface area contributed by atoms with Crippen LogP contribution < -0.4 is 5.32 Å². The summed E-state index contributed by atoms with van der Waals surface area (Å²) in [6, 6.07) is 0.123. The number of halogens is 3. The fourth-order valence-electron chi connectivity index (χ4n) is 2.64. The lowest BCUT2D eigenvalue weighted by Gasteiger charge is -2.26. The minimum atomic E-state index is -4.11. The summed E-state index contributed by atoms with van der Waals surface area (Å²) in [5.74, 6) is 0. The van der Waals surface area contributed by atoms with Gasteiger partial charge in [-0.15, -0.1) is 0 Å². The Morgan fingerprint density at radius 3 is 2.42 bits per heavy atom. The van der Waals surface area contributed by atoms with E-state index in [1.54, 1.807) is 4.90 Å². The summed E-state index contributed by atoms with van der Waals surface area (Å²) in [5, 5.41) is 3.22. The Balaban J connectivity index is 1.75. The van der Waals surface area contributed by atoms with Gasteiger partial charge in [0.25, 0.3) is 0 Å². The molecule has 1 saturated carbocycles. The van der Waals surface area contributed by atoms with Gasteiger partial charge in [0.15, 0.2) is 0 Å². The van der Waals surface area contributed by atoms with Gasteiger partial charge < -0.3 is 10.1 Å². The van der Waals surface area contributed by atoms with Crippen LogP contribution in [0.2, 0.25) is 0 Å². The molecule has 0 radical (unpaired) electrons. The van der Waals surface area contributed by atoms with E-state index in [1.165, 1.54) is 0 Å². The first kappa shape index (κ1) is 15.1. The van der Waals surface area contributed by atoms with Gasteiger partial charge in [0, 0.05) is 19.1 Å². The molecule has 0 aromatic carbocycles. The van der Waals surface area contributed by atoms with E-state index in [-0.39, 0.29) is 18.2 Å². The van der Waals surface area contributed by atoms with E-state index in [0.717, 1.165) is 38.8 Å². The Kier molecular flexibility index (Phi) is 5.09. The molecule has 2 aliphatic rings. The van der Waals surface area contributed by atoms with E-state index in [4.69, 9.17) is 4.74 Å². The highest BCUT2D eigenvalue weighted by atomic mass is 19.4. The molecule has 2 atom stereocenters. The highest BCUT2D eigenvalue weighted by molar-refractivity contribution is 4.88. The number of rotatable bonds is 7. The molecule has 0 spiro atoms. The first-order valence-corrected chi connectivity index (χ1v) is 7.15. The molecule has 112 valence electrons. The van der Waals surface area contributed by atoms with Gasteiger partial charge in [-0.3, -0.25) is 4.90 Å². The maximum Gasteiger partial charge on any atom is 0.401 e. The van der Waals surface area contributed by atoms with Crippen LogP contribution in [0.4, 0.5) is 13.2 Å². The molecule has 3 nitrogen and oxygen atoms in total. The van der Waals surface area contributed by atoms with Crippen LogP contribution in [0.3, 0.4) is 0 Å². The quantitative estimate of drug-likeness (QED) is 0.773. The van der Waals surface area contributed by atoms with Gasteiger partial charge in [-0.1, -0.05) is 6.92 Å². The average Bonchev–Trinajstić information content (AvgIpc) is 3.07. The van der Waals surface area contributed by atoms with E-state index in [1.807, 2.05) is 6.92 Å².